The highest BCUT2D eigenvalue weighted by Gasteiger charge is 2.02. The summed E-state index contributed by atoms with van der Waals surface area (Å²) in [6, 6.07) is 0. The van der Waals surface area contributed by atoms with Crippen LogP contribution in [0.15, 0.2) is 17.6 Å². The Labute approximate surface area is 95.5 Å². The second-order valence-electron chi connectivity index (χ2n) is 2.78. The number of halogens is 1. The summed E-state index contributed by atoms with van der Waals surface area (Å²) in [6.07, 6.45) is 3.58. The van der Waals surface area contributed by atoms with E-state index in [1.165, 1.54) is 0 Å². The fraction of sp³-hybridized carbons (Fsp3) is 0.500. The van der Waals surface area contributed by atoms with Crippen molar-refractivity contribution < 1.29 is 5.11 Å². The quantitative estimate of drug-likeness (QED) is 0.523. The van der Waals surface area contributed by atoms with Crippen LogP contribution < -0.4 is 0 Å². The van der Waals surface area contributed by atoms with Gasteiger partial charge in [0.05, 0.1) is 0 Å². The summed E-state index contributed by atoms with van der Waals surface area (Å²) < 4.78 is 1.04. The first kappa shape index (κ1) is 11.2. The molecule has 0 aliphatic heterocycles. The van der Waals surface area contributed by atoms with E-state index in [-0.39, 0.29) is 6.61 Å². The third-order valence-corrected chi connectivity index (χ3v) is 3.17. The van der Waals surface area contributed by atoms with Crippen LogP contribution in [0.5, 0.6) is 0 Å². The SMILES string of the molecule is CC(CO)CSc1ncc(I)cn1. The third kappa shape index (κ3) is 4.24. The highest BCUT2D eigenvalue weighted by atomic mass is 127. The van der Waals surface area contributed by atoms with Crippen molar-refractivity contribution in [1.82, 2.24) is 9.97 Å². The molecule has 5 heteroatoms. The minimum atomic E-state index is 0.220. The fourth-order valence-corrected chi connectivity index (χ4v) is 1.72. The molecule has 1 aromatic heterocycles. The standard InChI is InChI=1S/C8H11IN2OS/c1-6(4-12)5-13-8-10-2-7(9)3-11-8/h2-3,6,12H,4-5H2,1H3. The van der Waals surface area contributed by atoms with Crippen LogP contribution in [0.2, 0.25) is 0 Å². The van der Waals surface area contributed by atoms with Crippen LogP contribution in [-0.4, -0.2) is 27.4 Å². The summed E-state index contributed by atoms with van der Waals surface area (Å²) in [5, 5.41) is 9.58. The maximum Gasteiger partial charge on any atom is 0.187 e. The number of hydrogen-bond acceptors (Lipinski definition) is 4. The van der Waals surface area contributed by atoms with E-state index in [0.29, 0.717) is 5.92 Å². The minimum Gasteiger partial charge on any atom is -0.396 e. The van der Waals surface area contributed by atoms with E-state index in [9.17, 15) is 0 Å². The van der Waals surface area contributed by atoms with Gasteiger partial charge in [-0.05, 0) is 28.5 Å². The average Bonchev–Trinajstić information content (AvgIpc) is 2.16. The summed E-state index contributed by atoms with van der Waals surface area (Å²) in [5.74, 6) is 1.16. The number of hydrogen-bond donors (Lipinski definition) is 1. The Morgan fingerprint density at radius 2 is 2.15 bits per heavy atom. The molecule has 0 aliphatic carbocycles. The third-order valence-electron chi connectivity index (χ3n) is 1.41. The van der Waals surface area contributed by atoms with Crippen molar-refractivity contribution in [2.75, 3.05) is 12.4 Å². The van der Waals surface area contributed by atoms with Crippen molar-refractivity contribution in [1.29, 1.82) is 0 Å². The highest BCUT2D eigenvalue weighted by molar-refractivity contribution is 14.1. The van der Waals surface area contributed by atoms with Crippen LogP contribution in [0.25, 0.3) is 0 Å². The zero-order valence-electron chi connectivity index (χ0n) is 7.27. The van der Waals surface area contributed by atoms with Crippen molar-refractivity contribution in [2.24, 2.45) is 5.92 Å². The number of nitrogens with zero attached hydrogens (tertiary/aromatic N) is 2. The van der Waals surface area contributed by atoms with Gasteiger partial charge in [-0.25, -0.2) is 9.97 Å². The lowest BCUT2D eigenvalue weighted by Crippen LogP contribution is -2.03. The lowest BCUT2D eigenvalue weighted by Gasteiger charge is -2.05. The van der Waals surface area contributed by atoms with E-state index in [4.69, 9.17) is 5.11 Å². The first-order chi connectivity index (χ1) is 6.22. The molecule has 72 valence electrons. The van der Waals surface area contributed by atoms with Crippen molar-refractivity contribution in [3.05, 3.63) is 16.0 Å². The number of aliphatic hydroxyl groups excluding tert-OH is 1. The zero-order valence-corrected chi connectivity index (χ0v) is 10.2. The Bertz CT molecular complexity index is 255. The molecule has 0 saturated carbocycles. The van der Waals surface area contributed by atoms with Crippen molar-refractivity contribution in [2.45, 2.75) is 12.1 Å². The van der Waals surface area contributed by atoms with E-state index in [2.05, 4.69) is 32.6 Å². The van der Waals surface area contributed by atoms with Gasteiger partial charge in [0.15, 0.2) is 5.16 Å². The molecule has 1 unspecified atom stereocenters. The largest absolute Gasteiger partial charge is 0.396 e. The van der Waals surface area contributed by atoms with Gasteiger partial charge in [-0.15, -0.1) is 0 Å². The van der Waals surface area contributed by atoms with Crippen molar-refractivity contribution in [3.8, 4) is 0 Å². The molecule has 1 atom stereocenters. The molecule has 0 radical (unpaired) electrons. The molecule has 0 amide bonds. The van der Waals surface area contributed by atoms with Crippen LogP contribution in [0, 0.1) is 9.49 Å². The lowest BCUT2D eigenvalue weighted by molar-refractivity contribution is 0.250. The highest BCUT2D eigenvalue weighted by Crippen LogP contribution is 2.15. The average molecular weight is 310 g/mol. The smallest absolute Gasteiger partial charge is 0.187 e. The number of thioether (sulfide) groups is 1. The van der Waals surface area contributed by atoms with Gasteiger partial charge < -0.3 is 5.11 Å². The van der Waals surface area contributed by atoms with Gasteiger partial charge in [0.2, 0.25) is 0 Å². The van der Waals surface area contributed by atoms with Gasteiger partial charge in [0.1, 0.15) is 0 Å². The number of aliphatic hydroxyl groups is 1. The van der Waals surface area contributed by atoms with E-state index in [1.807, 2.05) is 6.92 Å². The van der Waals surface area contributed by atoms with Gasteiger partial charge in [-0.2, -0.15) is 0 Å². The van der Waals surface area contributed by atoms with E-state index < -0.39 is 0 Å². The van der Waals surface area contributed by atoms with Crippen molar-refractivity contribution in [3.63, 3.8) is 0 Å². The van der Waals surface area contributed by atoms with Crippen LogP contribution in [0.4, 0.5) is 0 Å². The Morgan fingerprint density at radius 3 is 2.69 bits per heavy atom. The Hall–Kier alpha value is 0.120. The number of rotatable bonds is 4. The van der Waals surface area contributed by atoms with Crippen LogP contribution in [0.3, 0.4) is 0 Å². The maximum atomic E-state index is 8.80. The summed E-state index contributed by atoms with van der Waals surface area (Å²) in [5.41, 5.74) is 0. The van der Waals surface area contributed by atoms with Gasteiger partial charge in [0.25, 0.3) is 0 Å². The fourth-order valence-electron chi connectivity index (χ4n) is 0.644. The molecular weight excluding hydrogens is 299 g/mol. The zero-order chi connectivity index (χ0) is 9.68. The molecule has 1 heterocycles. The van der Waals surface area contributed by atoms with Crippen molar-refractivity contribution >= 4 is 34.4 Å². The molecule has 3 nitrogen and oxygen atoms in total. The van der Waals surface area contributed by atoms with Crippen LogP contribution in [0.1, 0.15) is 6.92 Å². The molecule has 0 aliphatic rings. The number of aromatic nitrogens is 2. The predicted octanol–water partition coefficient (Wildman–Crippen LogP) is 1.80. The summed E-state index contributed by atoms with van der Waals surface area (Å²) in [6.45, 7) is 2.22. The topological polar surface area (TPSA) is 46.0 Å². The van der Waals surface area contributed by atoms with Gasteiger partial charge in [-0.1, -0.05) is 18.7 Å². The summed E-state index contributed by atoms with van der Waals surface area (Å²) in [7, 11) is 0. The van der Waals surface area contributed by atoms with E-state index >= 15 is 0 Å². The Balaban J connectivity index is 2.41. The van der Waals surface area contributed by atoms with Crippen LogP contribution >= 0.6 is 34.4 Å². The minimum absolute atomic E-state index is 0.220. The molecule has 1 aromatic rings. The van der Waals surface area contributed by atoms with Gasteiger partial charge in [0, 0.05) is 28.3 Å². The summed E-state index contributed by atoms with van der Waals surface area (Å²) in [4.78, 5) is 8.29. The first-order valence-electron chi connectivity index (χ1n) is 3.93. The second kappa shape index (κ2) is 5.77. The molecule has 1 N–H and O–H groups in total. The predicted molar refractivity (Wildman–Crippen MR) is 61.7 cm³/mol. The monoisotopic (exact) mass is 310 g/mol. The molecule has 0 spiro atoms. The Kier molecular flexibility index (Phi) is 4.97. The molecule has 13 heavy (non-hydrogen) atoms. The van der Waals surface area contributed by atoms with E-state index in [1.54, 1.807) is 24.2 Å². The van der Waals surface area contributed by atoms with Gasteiger partial charge in [-0.3, -0.25) is 0 Å². The summed E-state index contributed by atoms with van der Waals surface area (Å²) >= 11 is 3.75. The normalized spacial score (nSPS) is 12.8. The second-order valence-corrected chi connectivity index (χ2v) is 5.02. The van der Waals surface area contributed by atoms with Gasteiger partial charge >= 0.3 is 0 Å². The molecule has 0 bridgehead atoms. The first-order valence-corrected chi connectivity index (χ1v) is 6.00. The molecule has 0 saturated heterocycles. The molecule has 0 aromatic carbocycles. The maximum absolute atomic E-state index is 8.80. The van der Waals surface area contributed by atoms with Crippen LogP contribution in [-0.2, 0) is 0 Å². The molecule has 0 fully saturated rings. The van der Waals surface area contributed by atoms with E-state index in [0.717, 1.165) is 14.5 Å². The lowest BCUT2D eigenvalue weighted by atomic mass is 10.2. The molecular formula is C8H11IN2OS. The Morgan fingerprint density at radius 1 is 1.54 bits per heavy atom. The molecule has 1 rings (SSSR count).